The molecule has 1 aromatic carbocycles. The van der Waals surface area contributed by atoms with Crippen molar-refractivity contribution in [2.75, 3.05) is 6.61 Å². The lowest BCUT2D eigenvalue weighted by Gasteiger charge is -2.39. The summed E-state index contributed by atoms with van der Waals surface area (Å²) < 4.78 is 5.65. The molecule has 126 valence electrons. The molecule has 1 fully saturated rings. The summed E-state index contributed by atoms with van der Waals surface area (Å²) in [6.45, 7) is 5.59. The van der Waals surface area contributed by atoms with Gasteiger partial charge in [-0.1, -0.05) is 31.0 Å². The topological polar surface area (TPSA) is 75.6 Å². The van der Waals surface area contributed by atoms with Crippen LogP contribution in [0.4, 0.5) is 0 Å². The van der Waals surface area contributed by atoms with Crippen molar-refractivity contribution in [3.63, 3.8) is 0 Å². The minimum absolute atomic E-state index is 0.104. The first-order valence-corrected chi connectivity index (χ1v) is 8.06. The molecule has 0 bridgehead atoms. The molecule has 0 aliphatic heterocycles. The van der Waals surface area contributed by atoms with Gasteiger partial charge in [-0.25, -0.2) is 0 Å². The van der Waals surface area contributed by atoms with Crippen molar-refractivity contribution in [3.8, 4) is 5.75 Å². The summed E-state index contributed by atoms with van der Waals surface area (Å²) in [6.07, 6.45) is 3.10. The van der Waals surface area contributed by atoms with Crippen LogP contribution in [0.1, 0.15) is 43.7 Å². The predicted molar refractivity (Wildman–Crippen MR) is 87.6 cm³/mol. The quantitative estimate of drug-likeness (QED) is 0.875. The molecule has 2 atom stereocenters. The van der Waals surface area contributed by atoms with Gasteiger partial charge < -0.3 is 15.2 Å². The third-order valence-electron chi connectivity index (χ3n) is 4.69. The Hall–Kier alpha value is -2.04. The number of rotatable bonds is 5. The average molecular weight is 319 g/mol. The van der Waals surface area contributed by atoms with Crippen molar-refractivity contribution < 1.29 is 19.4 Å². The molecule has 2 rings (SSSR count). The Morgan fingerprint density at radius 2 is 1.96 bits per heavy atom. The maximum absolute atomic E-state index is 12.3. The van der Waals surface area contributed by atoms with Crippen LogP contribution >= 0.6 is 0 Å². The highest BCUT2D eigenvalue weighted by Gasteiger charge is 2.42. The van der Waals surface area contributed by atoms with Crippen molar-refractivity contribution >= 4 is 11.9 Å². The van der Waals surface area contributed by atoms with Gasteiger partial charge in [-0.05, 0) is 44.7 Å². The number of ether oxygens (including phenoxy) is 1. The molecule has 1 aliphatic rings. The number of benzene rings is 1. The van der Waals surface area contributed by atoms with Gasteiger partial charge in [-0.3, -0.25) is 9.59 Å². The summed E-state index contributed by atoms with van der Waals surface area (Å²) in [4.78, 5) is 23.7. The second-order valence-electron chi connectivity index (χ2n) is 6.61. The average Bonchev–Trinajstić information content (AvgIpc) is 2.46. The summed E-state index contributed by atoms with van der Waals surface area (Å²) in [5.41, 5.74) is 1.25. The fourth-order valence-corrected chi connectivity index (χ4v) is 3.40. The first-order chi connectivity index (χ1) is 10.8. The summed E-state index contributed by atoms with van der Waals surface area (Å²) in [5.74, 6) is -0.946. The van der Waals surface area contributed by atoms with Crippen molar-refractivity contribution in [3.05, 3.63) is 29.3 Å². The maximum Gasteiger partial charge on any atom is 0.308 e. The van der Waals surface area contributed by atoms with E-state index in [4.69, 9.17) is 4.74 Å². The Morgan fingerprint density at radius 3 is 2.57 bits per heavy atom. The van der Waals surface area contributed by atoms with Crippen LogP contribution in [0.15, 0.2) is 18.2 Å². The lowest BCUT2D eigenvalue weighted by molar-refractivity contribution is -0.146. The number of carboxylic acid groups (broad SMARTS) is 1. The molecule has 2 unspecified atom stereocenters. The van der Waals surface area contributed by atoms with Crippen molar-refractivity contribution in [1.82, 2.24) is 5.32 Å². The van der Waals surface area contributed by atoms with E-state index in [0.29, 0.717) is 18.6 Å². The number of aliphatic carboxylic acids is 1. The summed E-state index contributed by atoms with van der Waals surface area (Å²) in [6, 6.07) is 5.81. The summed E-state index contributed by atoms with van der Waals surface area (Å²) >= 11 is 0. The van der Waals surface area contributed by atoms with E-state index < -0.39 is 17.4 Å². The minimum Gasteiger partial charge on any atom is -0.483 e. The van der Waals surface area contributed by atoms with Gasteiger partial charge in [0.15, 0.2) is 6.61 Å². The monoisotopic (exact) mass is 319 g/mol. The molecule has 0 saturated heterocycles. The van der Waals surface area contributed by atoms with Crippen LogP contribution in [0.3, 0.4) is 0 Å². The van der Waals surface area contributed by atoms with E-state index in [2.05, 4.69) is 5.32 Å². The summed E-state index contributed by atoms with van der Waals surface area (Å²) in [5, 5.41) is 12.3. The lowest BCUT2D eigenvalue weighted by Crippen LogP contribution is -2.56. The number of carbonyl (C=O) groups is 2. The third kappa shape index (κ3) is 4.03. The molecule has 1 aliphatic carbocycles. The molecule has 0 aromatic heterocycles. The molecule has 1 saturated carbocycles. The predicted octanol–water partition coefficient (Wildman–Crippen LogP) is 2.83. The molecule has 1 aromatic rings. The Labute approximate surface area is 137 Å². The van der Waals surface area contributed by atoms with Gasteiger partial charge in [-0.15, -0.1) is 0 Å². The van der Waals surface area contributed by atoms with Gasteiger partial charge in [0.25, 0.3) is 5.91 Å². The fraction of sp³-hybridized carbons (Fsp3) is 0.556. The van der Waals surface area contributed by atoms with Gasteiger partial charge in [0.05, 0.1) is 11.5 Å². The fourth-order valence-electron chi connectivity index (χ4n) is 3.40. The van der Waals surface area contributed by atoms with E-state index in [9.17, 15) is 14.7 Å². The standard InChI is InChI=1S/C18H25NO4/c1-12-7-6-8-13(2)16(12)23-11-15(20)19-18(3)10-5-4-9-14(18)17(21)22/h6-8,14H,4-5,9-11H2,1-3H3,(H,19,20)(H,21,22). The largest absolute Gasteiger partial charge is 0.483 e. The molecule has 0 radical (unpaired) electrons. The van der Waals surface area contributed by atoms with Crippen LogP contribution in [0.2, 0.25) is 0 Å². The number of hydrogen-bond donors (Lipinski definition) is 2. The van der Waals surface area contributed by atoms with Crippen molar-refractivity contribution in [2.45, 2.75) is 52.0 Å². The zero-order valence-electron chi connectivity index (χ0n) is 14.0. The molecule has 0 spiro atoms. The zero-order valence-corrected chi connectivity index (χ0v) is 14.0. The first kappa shape index (κ1) is 17.3. The van der Waals surface area contributed by atoms with Crippen LogP contribution in [0, 0.1) is 19.8 Å². The van der Waals surface area contributed by atoms with E-state index >= 15 is 0 Å². The molecule has 5 nitrogen and oxygen atoms in total. The van der Waals surface area contributed by atoms with Crippen LogP contribution in [0.5, 0.6) is 5.75 Å². The van der Waals surface area contributed by atoms with Gasteiger partial charge in [0, 0.05) is 0 Å². The molecule has 1 amide bonds. The molecular formula is C18H25NO4. The van der Waals surface area contributed by atoms with Gasteiger partial charge in [0.2, 0.25) is 0 Å². The third-order valence-corrected chi connectivity index (χ3v) is 4.69. The Morgan fingerprint density at radius 1 is 1.30 bits per heavy atom. The number of carbonyl (C=O) groups excluding carboxylic acids is 1. The first-order valence-electron chi connectivity index (χ1n) is 8.06. The van der Waals surface area contributed by atoms with Gasteiger partial charge in [-0.2, -0.15) is 0 Å². The summed E-state index contributed by atoms with van der Waals surface area (Å²) in [7, 11) is 0. The number of aryl methyl sites for hydroxylation is 2. The smallest absolute Gasteiger partial charge is 0.308 e. The highest BCUT2D eigenvalue weighted by Crippen LogP contribution is 2.33. The minimum atomic E-state index is -0.844. The number of amides is 1. The second kappa shape index (κ2) is 7.02. The van der Waals surface area contributed by atoms with E-state index in [1.54, 1.807) is 0 Å². The Bertz CT molecular complexity index is 578. The molecule has 5 heteroatoms. The van der Waals surface area contributed by atoms with Crippen LogP contribution in [-0.4, -0.2) is 29.1 Å². The molecular weight excluding hydrogens is 294 g/mol. The van der Waals surface area contributed by atoms with E-state index in [1.165, 1.54) is 0 Å². The zero-order chi connectivity index (χ0) is 17.0. The normalized spacial score (nSPS) is 24.0. The Kier molecular flexibility index (Phi) is 5.29. The van der Waals surface area contributed by atoms with E-state index in [1.807, 2.05) is 39.0 Å². The second-order valence-corrected chi connectivity index (χ2v) is 6.61. The van der Waals surface area contributed by atoms with Gasteiger partial charge >= 0.3 is 5.97 Å². The van der Waals surface area contributed by atoms with Crippen molar-refractivity contribution in [1.29, 1.82) is 0 Å². The number of nitrogens with one attached hydrogen (secondary N) is 1. The number of carboxylic acids is 1. The SMILES string of the molecule is Cc1cccc(C)c1OCC(=O)NC1(C)CCCCC1C(=O)O. The highest BCUT2D eigenvalue weighted by atomic mass is 16.5. The van der Waals surface area contributed by atoms with Crippen LogP contribution in [-0.2, 0) is 9.59 Å². The number of hydrogen-bond acceptors (Lipinski definition) is 3. The van der Waals surface area contributed by atoms with Crippen LogP contribution < -0.4 is 10.1 Å². The van der Waals surface area contributed by atoms with Crippen LogP contribution in [0.25, 0.3) is 0 Å². The lowest BCUT2D eigenvalue weighted by atomic mass is 9.74. The number of para-hydroxylation sites is 1. The Balaban J connectivity index is 2.00. The van der Waals surface area contributed by atoms with E-state index in [0.717, 1.165) is 24.0 Å². The van der Waals surface area contributed by atoms with Crippen molar-refractivity contribution in [2.24, 2.45) is 5.92 Å². The molecule has 0 heterocycles. The highest BCUT2D eigenvalue weighted by molar-refractivity contribution is 5.80. The molecule has 23 heavy (non-hydrogen) atoms. The molecule has 2 N–H and O–H groups in total. The van der Waals surface area contributed by atoms with E-state index in [-0.39, 0.29) is 12.5 Å². The maximum atomic E-state index is 12.3. The van der Waals surface area contributed by atoms with Gasteiger partial charge in [0.1, 0.15) is 5.75 Å².